The van der Waals surface area contributed by atoms with E-state index in [1.165, 1.54) is 12.1 Å². The van der Waals surface area contributed by atoms with Gasteiger partial charge in [0.15, 0.2) is 0 Å². The van der Waals surface area contributed by atoms with Crippen molar-refractivity contribution in [2.24, 2.45) is 0 Å². The van der Waals surface area contributed by atoms with Gasteiger partial charge in [-0.25, -0.2) is 4.79 Å². The van der Waals surface area contributed by atoms with Crippen LogP contribution in [0.5, 0.6) is 0 Å². The van der Waals surface area contributed by atoms with Crippen LogP contribution in [0.4, 0.5) is 5.69 Å². The monoisotopic (exact) mass is 392 g/mol. The van der Waals surface area contributed by atoms with Crippen molar-refractivity contribution < 1.29 is 14.7 Å². The lowest BCUT2D eigenvalue weighted by Crippen LogP contribution is -2.13. The smallest absolute Gasteiger partial charge is 0.337 e. The van der Waals surface area contributed by atoms with E-state index in [-0.39, 0.29) is 11.3 Å². The number of hydrogen-bond donors (Lipinski definition) is 2. The highest BCUT2D eigenvalue weighted by Crippen LogP contribution is 2.26. The number of carbonyl (C=O) groups excluding carboxylic acids is 1. The molecule has 1 heterocycles. The van der Waals surface area contributed by atoms with Crippen LogP contribution in [0.3, 0.4) is 0 Å². The lowest BCUT2D eigenvalue weighted by Gasteiger charge is -2.11. The minimum Gasteiger partial charge on any atom is -0.478 e. The molecular weight excluding hydrogens is 376 g/mol. The number of anilines is 1. The van der Waals surface area contributed by atoms with Crippen LogP contribution in [0.25, 0.3) is 17.2 Å². The van der Waals surface area contributed by atoms with E-state index in [2.05, 4.69) is 10.3 Å². The molecule has 1 amide bonds. The summed E-state index contributed by atoms with van der Waals surface area (Å²) < 4.78 is 0. The summed E-state index contributed by atoms with van der Waals surface area (Å²) in [6.45, 7) is 1.69. The number of carboxylic acids is 1. The first-order valence-electron chi connectivity index (χ1n) is 8.47. The Morgan fingerprint density at radius 3 is 2.61 bits per heavy atom. The number of nitrogens with one attached hydrogen (secondary N) is 1. The Morgan fingerprint density at radius 1 is 1.11 bits per heavy atom. The van der Waals surface area contributed by atoms with Crippen molar-refractivity contribution >= 4 is 35.2 Å². The summed E-state index contributed by atoms with van der Waals surface area (Å²) in [5, 5.41) is 12.3. The average molecular weight is 393 g/mol. The molecule has 0 aliphatic carbocycles. The molecule has 0 unspecified atom stereocenters. The second kappa shape index (κ2) is 8.50. The largest absolute Gasteiger partial charge is 0.478 e. The summed E-state index contributed by atoms with van der Waals surface area (Å²) in [4.78, 5) is 27.9. The van der Waals surface area contributed by atoms with Crippen molar-refractivity contribution in [1.82, 2.24) is 4.98 Å². The van der Waals surface area contributed by atoms with Crippen LogP contribution < -0.4 is 5.32 Å². The zero-order valence-corrected chi connectivity index (χ0v) is 15.8. The fourth-order valence-corrected chi connectivity index (χ4v) is 3.04. The standard InChI is InChI=1S/C22H17ClN2O3/c1-14-10-18(23)12-19(22(27)28)21(14)25-20(26)8-7-15-4-2-5-16(11-15)17-6-3-9-24-13-17/h2-13H,1H3,(H,25,26)(H,27,28)/b8-7+. The molecule has 0 atom stereocenters. The third-order valence-corrected chi connectivity index (χ3v) is 4.31. The number of carboxylic acid groups (broad SMARTS) is 1. The number of carbonyl (C=O) groups is 2. The summed E-state index contributed by atoms with van der Waals surface area (Å²) in [6.07, 6.45) is 6.51. The predicted molar refractivity (Wildman–Crippen MR) is 110 cm³/mol. The zero-order valence-electron chi connectivity index (χ0n) is 15.0. The number of benzene rings is 2. The van der Waals surface area contributed by atoms with Gasteiger partial charge in [-0.15, -0.1) is 0 Å². The summed E-state index contributed by atoms with van der Waals surface area (Å²) in [6, 6.07) is 14.4. The second-order valence-electron chi connectivity index (χ2n) is 6.14. The van der Waals surface area contributed by atoms with Crippen LogP contribution in [0.15, 0.2) is 67.0 Å². The van der Waals surface area contributed by atoms with E-state index >= 15 is 0 Å². The number of nitrogens with zero attached hydrogens (tertiary/aromatic N) is 1. The molecule has 28 heavy (non-hydrogen) atoms. The van der Waals surface area contributed by atoms with Crippen LogP contribution in [0, 0.1) is 6.92 Å². The number of aromatic carboxylic acids is 1. The molecule has 0 radical (unpaired) electrons. The van der Waals surface area contributed by atoms with Crippen molar-refractivity contribution in [2.75, 3.05) is 5.32 Å². The van der Waals surface area contributed by atoms with Crippen LogP contribution in [0.1, 0.15) is 21.5 Å². The van der Waals surface area contributed by atoms with E-state index in [0.29, 0.717) is 10.6 Å². The molecule has 5 nitrogen and oxygen atoms in total. The Morgan fingerprint density at radius 2 is 1.89 bits per heavy atom. The first-order valence-corrected chi connectivity index (χ1v) is 8.85. The first kappa shape index (κ1) is 19.3. The van der Waals surface area contributed by atoms with Crippen molar-refractivity contribution in [3.8, 4) is 11.1 Å². The molecule has 0 saturated heterocycles. The van der Waals surface area contributed by atoms with Gasteiger partial charge in [-0.1, -0.05) is 35.9 Å². The van der Waals surface area contributed by atoms with Gasteiger partial charge in [0.05, 0.1) is 11.3 Å². The molecule has 1 aromatic heterocycles. The molecule has 0 bridgehead atoms. The molecule has 3 rings (SSSR count). The van der Waals surface area contributed by atoms with E-state index in [1.807, 2.05) is 36.4 Å². The van der Waals surface area contributed by atoms with Crippen molar-refractivity contribution in [3.05, 3.63) is 88.7 Å². The SMILES string of the molecule is Cc1cc(Cl)cc(C(=O)O)c1NC(=O)/C=C/c1cccc(-c2cccnc2)c1. The Hall–Kier alpha value is -3.44. The first-order chi connectivity index (χ1) is 13.4. The van der Waals surface area contributed by atoms with Crippen molar-refractivity contribution in [2.45, 2.75) is 6.92 Å². The molecule has 0 aliphatic heterocycles. The number of aromatic nitrogens is 1. The van der Waals surface area contributed by atoms with Gasteiger partial charge in [0.25, 0.3) is 0 Å². The molecule has 0 fully saturated rings. The molecular formula is C22H17ClN2O3. The van der Waals surface area contributed by atoms with E-state index < -0.39 is 11.9 Å². The summed E-state index contributed by atoms with van der Waals surface area (Å²) >= 11 is 5.91. The van der Waals surface area contributed by atoms with E-state index in [4.69, 9.17) is 11.6 Å². The third-order valence-electron chi connectivity index (χ3n) is 4.09. The Kier molecular flexibility index (Phi) is 5.87. The summed E-state index contributed by atoms with van der Waals surface area (Å²) in [7, 11) is 0. The van der Waals surface area contributed by atoms with Gasteiger partial charge in [-0.2, -0.15) is 0 Å². The second-order valence-corrected chi connectivity index (χ2v) is 6.58. The number of hydrogen-bond acceptors (Lipinski definition) is 3. The lowest BCUT2D eigenvalue weighted by atomic mass is 10.0. The lowest BCUT2D eigenvalue weighted by molar-refractivity contribution is -0.111. The maximum Gasteiger partial charge on any atom is 0.337 e. The molecule has 0 aliphatic rings. The number of halogens is 1. The Balaban J connectivity index is 1.80. The Labute approximate surface area is 167 Å². The third kappa shape index (κ3) is 4.64. The van der Waals surface area contributed by atoms with Gasteiger partial charge in [-0.05, 0) is 54.0 Å². The van der Waals surface area contributed by atoms with Crippen LogP contribution in [-0.4, -0.2) is 22.0 Å². The Bertz CT molecular complexity index is 1060. The van der Waals surface area contributed by atoms with Crippen molar-refractivity contribution in [3.63, 3.8) is 0 Å². The molecule has 2 aromatic carbocycles. The minimum absolute atomic E-state index is 0.0506. The van der Waals surface area contributed by atoms with E-state index in [9.17, 15) is 14.7 Å². The van der Waals surface area contributed by atoms with E-state index in [0.717, 1.165) is 16.7 Å². The maximum atomic E-state index is 12.3. The summed E-state index contributed by atoms with van der Waals surface area (Å²) in [5.74, 6) is -1.59. The quantitative estimate of drug-likeness (QED) is 0.595. The molecule has 6 heteroatoms. The number of aryl methyl sites for hydroxylation is 1. The fraction of sp³-hybridized carbons (Fsp3) is 0.0455. The highest BCUT2D eigenvalue weighted by molar-refractivity contribution is 6.31. The molecule has 2 N–H and O–H groups in total. The molecule has 140 valence electrons. The maximum absolute atomic E-state index is 12.3. The van der Waals surface area contributed by atoms with Crippen LogP contribution in [-0.2, 0) is 4.79 Å². The minimum atomic E-state index is -1.16. The zero-order chi connectivity index (χ0) is 20.1. The van der Waals surface area contributed by atoms with Crippen LogP contribution >= 0.6 is 11.6 Å². The number of amides is 1. The summed E-state index contributed by atoms with van der Waals surface area (Å²) in [5.41, 5.74) is 3.55. The van der Waals surface area contributed by atoms with Gasteiger partial charge < -0.3 is 10.4 Å². The number of rotatable bonds is 5. The molecule has 0 saturated carbocycles. The molecule has 0 spiro atoms. The highest BCUT2D eigenvalue weighted by atomic mass is 35.5. The van der Waals surface area contributed by atoms with Crippen LogP contribution in [0.2, 0.25) is 5.02 Å². The fourth-order valence-electron chi connectivity index (χ4n) is 2.77. The molecule has 3 aromatic rings. The predicted octanol–water partition coefficient (Wildman–Crippen LogP) is 5.06. The van der Waals surface area contributed by atoms with E-state index in [1.54, 1.807) is 31.5 Å². The van der Waals surface area contributed by atoms with Gasteiger partial charge in [-0.3, -0.25) is 9.78 Å². The number of pyridine rings is 1. The highest BCUT2D eigenvalue weighted by Gasteiger charge is 2.15. The normalized spacial score (nSPS) is 10.8. The van der Waals surface area contributed by atoms with Gasteiger partial charge >= 0.3 is 5.97 Å². The van der Waals surface area contributed by atoms with Crippen molar-refractivity contribution in [1.29, 1.82) is 0 Å². The average Bonchev–Trinajstić information content (AvgIpc) is 2.69. The van der Waals surface area contributed by atoms with Gasteiger partial charge in [0, 0.05) is 29.1 Å². The van der Waals surface area contributed by atoms with Gasteiger partial charge in [0.1, 0.15) is 0 Å². The van der Waals surface area contributed by atoms with Gasteiger partial charge in [0.2, 0.25) is 5.91 Å². The topological polar surface area (TPSA) is 79.3 Å².